The average molecular weight is 286 g/mol. The van der Waals surface area contributed by atoms with Crippen molar-refractivity contribution in [3.8, 4) is 17.2 Å². The molecule has 1 N–H and O–H groups in total. The van der Waals surface area contributed by atoms with Gasteiger partial charge in [-0.05, 0) is 50.2 Å². The second-order valence-electron chi connectivity index (χ2n) is 6.85. The van der Waals surface area contributed by atoms with E-state index in [2.05, 4.69) is 24.0 Å². The molecular weight excluding hydrogens is 264 g/mol. The van der Waals surface area contributed by atoms with Crippen LogP contribution in [0.2, 0.25) is 0 Å². The molecule has 0 radical (unpaired) electrons. The van der Waals surface area contributed by atoms with E-state index in [1.165, 1.54) is 12.8 Å². The molecule has 0 unspecified atom stereocenters. The quantitative estimate of drug-likeness (QED) is 0.887. The standard InChI is InChI=1S/C17H22N2O2/c1-11-13(5-4-6-14(11)20)16-18-15(19-21-16)12-7-9-17(2,3)10-8-12/h4-6,12,20H,7-10H2,1-3H3. The monoisotopic (exact) mass is 286 g/mol. The Morgan fingerprint density at radius 1 is 1.24 bits per heavy atom. The molecule has 1 aliphatic carbocycles. The lowest BCUT2D eigenvalue weighted by Crippen LogP contribution is -2.20. The van der Waals surface area contributed by atoms with Gasteiger partial charge in [0.1, 0.15) is 5.75 Å². The smallest absolute Gasteiger partial charge is 0.258 e. The van der Waals surface area contributed by atoms with Crippen LogP contribution in [0.15, 0.2) is 22.7 Å². The summed E-state index contributed by atoms with van der Waals surface area (Å²) in [6.45, 7) is 6.50. The summed E-state index contributed by atoms with van der Waals surface area (Å²) in [6, 6.07) is 5.36. The fraction of sp³-hybridized carbons (Fsp3) is 0.529. The van der Waals surface area contributed by atoms with Gasteiger partial charge in [0, 0.05) is 17.0 Å². The molecule has 0 amide bonds. The van der Waals surface area contributed by atoms with E-state index in [4.69, 9.17) is 4.52 Å². The number of phenols is 1. The zero-order valence-corrected chi connectivity index (χ0v) is 12.9. The third kappa shape index (κ3) is 2.80. The van der Waals surface area contributed by atoms with Crippen molar-refractivity contribution in [2.75, 3.05) is 0 Å². The summed E-state index contributed by atoms with van der Waals surface area (Å²) < 4.78 is 5.42. The van der Waals surface area contributed by atoms with Gasteiger partial charge in [0.15, 0.2) is 5.82 Å². The molecule has 3 rings (SSSR count). The molecule has 0 saturated heterocycles. The molecule has 4 nitrogen and oxygen atoms in total. The minimum Gasteiger partial charge on any atom is -0.508 e. The van der Waals surface area contributed by atoms with E-state index in [1.807, 2.05) is 13.0 Å². The van der Waals surface area contributed by atoms with E-state index in [-0.39, 0.29) is 5.75 Å². The highest BCUT2D eigenvalue weighted by Gasteiger charge is 2.30. The van der Waals surface area contributed by atoms with Gasteiger partial charge in [-0.25, -0.2) is 0 Å². The zero-order chi connectivity index (χ0) is 15.0. The van der Waals surface area contributed by atoms with Crippen LogP contribution < -0.4 is 0 Å². The van der Waals surface area contributed by atoms with Crippen LogP contribution in [-0.2, 0) is 0 Å². The maximum Gasteiger partial charge on any atom is 0.258 e. The molecule has 1 aromatic heterocycles. The first kappa shape index (κ1) is 14.1. The lowest BCUT2D eigenvalue weighted by atomic mass is 9.73. The summed E-state index contributed by atoms with van der Waals surface area (Å²) >= 11 is 0. The SMILES string of the molecule is Cc1c(O)cccc1-c1nc(C2CCC(C)(C)CC2)no1. The molecule has 1 saturated carbocycles. The summed E-state index contributed by atoms with van der Waals surface area (Å²) in [7, 11) is 0. The third-order valence-electron chi connectivity index (χ3n) is 4.68. The summed E-state index contributed by atoms with van der Waals surface area (Å²) in [5.41, 5.74) is 2.02. The summed E-state index contributed by atoms with van der Waals surface area (Å²) in [5.74, 6) is 1.96. The summed E-state index contributed by atoms with van der Waals surface area (Å²) in [5, 5.41) is 14.0. The molecule has 0 atom stereocenters. The van der Waals surface area contributed by atoms with Crippen LogP contribution >= 0.6 is 0 Å². The molecule has 112 valence electrons. The van der Waals surface area contributed by atoms with Gasteiger partial charge >= 0.3 is 0 Å². The number of aromatic hydroxyl groups is 1. The first-order chi connectivity index (χ1) is 9.96. The molecule has 1 aromatic carbocycles. The molecule has 21 heavy (non-hydrogen) atoms. The van der Waals surface area contributed by atoms with Gasteiger partial charge in [-0.15, -0.1) is 0 Å². The lowest BCUT2D eigenvalue weighted by Gasteiger charge is -2.32. The third-order valence-corrected chi connectivity index (χ3v) is 4.68. The van der Waals surface area contributed by atoms with Gasteiger partial charge < -0.3 is 9.63 Å². The van der Waals surface area contributed by atoms with Crippen molar-refractivity contribution in [1.29, 1.82) is 0 Å². The number of nitrogens with zero attached hydrogens (tertiary/aromatic N) is 2. The van der Waals surface area contributed by atoms with Gasteiger partial charge in [0.2, 0.25) is 0 Å². The maximum atomic E-state index is 9.78. The molecule has 0 aliphatic heterocycles. The van der Waals surface area contributed by atoms with Crippen molar-refractivity contribution >= 4 is 0 Å². The number of hydrogen-bond donors (Lipinski definition) is 1. The van der Waals surface area contributed by atoms with Crippen molar-refractivity contribution in [2.24, 2.45) is 5.41 Å². The number of hydrogen-bond acceptors (Lipinski definition) is 4. The molecule has 4 heteroatoms. The molecule has 1 heterocycles. The van der Waals surface area contributed by atoms with Crippen LogP contribution in [0.5, 0.6) is 5.75 Å². The molecule has 0 spiro atoms. The van der Waals surface area contributed by atoms with Crippen LogP contribution in [0.25, 0.3) is 11.5 Å². The van der Waals surface area contributed by atoms with Gasteiger partial charge in [-0.2, -0.15) is 4.98 Å². The first-order valence-electron chi connectivity index (χ1n) is 7.59. The van der Waals surface area contributed by atoms with Crippen molar-refractivity contribution < 1.29 is 9.63 Å². The van der Waals surface area contributed by atoms with Crippen LogP contribution in [0.1, 0.15) is 56.8 Å². The number of benzene rings is 1. The van der Waals surface area contributed by atoms with E-state index in [1.54, 1.807) is 12.1 Å². The number of rotatable bonds is 2. The Morgan fingerprint density at radius 2 is 1.95 bits per heavy atom. The zero-order valence-electron chi connectivity index (χ0n) is 12.9. The van der Waals surface area contributed by atoms with Crippen molar-refractivity contribution in [3.63, 3.8) is 0 Å². The first-order valence-corrected chi connectivity index (χ1v) is 7.59. The highest BCUT2D eigenvalue weighted by Crippen LogP contribution is 2.42. The molecular formula is C17H22N2O2. The van der Waals surface area contributed by atoms with Gasteiger partial charge in [-0.3, -0.25) is 0 Å². The van der Waals surface area contributed by atoms with Crippen molar-refractivity contribution in [2.45, 2.75) is 52.4 Å². The van der Waals surface area contributed by atoms with Crippen molar-refractivity contribution in [1.82, 2.24) is 10.1 Å². The summed E-state index contributed by atoms with van der Waals surface area (Å²) in [6.07, 6.45) is 4.63. The average Bonchev–Trinajstić information content (AvgIpc) is 2.91. The fourth-order valence-corrected chi connectivity index (χ4v) is 3.02. The van der Waals surface area contributed by atoms with Gasteiger partial charge in [0.05, 0.1) is 0 Å². The van der Waals surface area contributed by atoms with E-state index in [9.17, 15) is 5.11 Å². The highest BCUT2D eigenvalue weighted by atomic mass is 16.5. The Morgan fingerprint density at radius 3 is 2.67 bits per heavy atom. The molecule has 1 fully saturated rings. The van der Waals surface area contributed by atoms with E-state index in [0.29, 0.717) is 17.2 Å². The number of aromatic nitrogens is 2. The molecule has 2 aromatic rings. The Hall–Kier alpha value is -1.84. The predicted octanol–water partition coefficient (Wildman–Crippen LogP) is 4.43. The van der Waals surface area contributed by atoms with Crippen LogP contribution in [-0.4, -0.2) is 15.2 Å². The van der Waals surface area contributed by atoms with E-state index >= 15 is 0 Å². The van der Waals surface area contributed by atoms with Crippen LogP contribution in [0.3, 0.4) is 0 Å². The largest absolute Gasteiger partial charge is 0.508 e. The predicted molar refractivity (Wildman–Crippen MR) is 81.1 cm³/mol. The fourth-order valence-electron chi connectivity index (χ4n) is 3.02. The van der Waals surface area contributed by atoms with Gasteiger partial charge in [-0.1, -0.05) is 25.1 Å². The summed E-state index contributed by atoms with van der Waals surface area (Å²) in [4.78, 5) is 4.56. The van der Waals surface area contributed by atoms with Crippen LogP contribution in [0, 0.1) is 12.3 Å². The Kier molecular flexibility index (Phi) is 3.47. The van der Waals surface area contributed by atoms with Gasteiger partial charge in [0.25, 0.3) is 5.89 Å². The second kappa shape index (κ2) is 5.17. The maximum absolute atomic E-state index is 9.78. The molecule has 0 bridgehead atoms. The van der Waals surface area contributed by atoms with E-state index < -0.39 is 0 Å². The van der Waals surface area contributed by atoms with Crippen molar-refractivity contribution in [3.05, 3.63) is 29.6 Å². The minimum atomic E-state index is 0.256. The Bertz CT molecular complexity index is 636. The van der Waals surface area contributed by atoms with E-state index in [0.717, 1.165) is 29.8 Å². The normalized spacial score (nSPS) is 18.8. The minimum absolute atomic E-state index is 0.256. The lowest BCUT2D eigenvalue weighted by molar-refractivity contribution is 0.218. The Balaban J connectivity index is 1.82. The number of phenolic OH excluding ortho intramolecular Hbond substituents is 1. The second-order valence-corrected chi connectivity index (χ2v) is 6.85. The Labute approximate surface area is 125 Å². The topological polar surface area (TPSA) is 59.2 Å². The molecule has 1 aliphatic rings. The van der Waals surface area contributed by atoms with Crippen LogP contribution in [0.4, 0.5) is 0 Å². The highest BCUT2D eigenvalue weighted by molar-refractivity contribution is 5.61.